The first-order chi connectivity index (χ1) is 10.2. The third-order valence-electron chi connectivity index (χ3n) is 3.03. The van der Waals surface area contributed by atoms with E-state index >= 15 is 0 Å². The van der Waals surface area contributed by atoms with Crippen LogP contribution in [0.15, 0.2) is 53.0 Å². The van der Waals surface area contributed by atoms with E-state index in [-0.39, 0.29) is 5.91 Å². The average molecular weight is 348 g/mol. The van der Waals surface area contributed by atoms with Crippen LogP contribution in [0.5, 0.6) is 5.75 Å². The summed E-state index contributed by atoms with van der Waals surface area (Å²) in [5, 5.41) is 2.93. The van der Waals surface area contributed by atoms with Crippen LogP contribution >= 0.6 is 15.9 Å². The summed E-state index contributed by atoms with van der Waals surface area (Å²) in [7, 11) is 0. The Kier molecular flexibility index (Phi) is 5.81. The van der Waals surface area contributed by atoms with Crippen LogP contribution in [-0.2, 0) is 6.42 Å². The summed E-state index contributed by atoms with van der Waals surface area (Å²) in [5.41, 5.74) is 1.76. The molecule has 3 nitrogen and oxygen atoms in total. The summed E-state index contributed by atoms with van der Waals surface area (Å²) in [6.45, 7) is 3.03. The Hall–Kier alpha value is -1.81. The molecule has 0 aliphatic carbocycles. The van der Waals surface area contributed by atoms with Crippen molar-refractivity contribution < 1.29 is 9.53 Å². The standard InChI is InChI=1S/C17H18BrNO2/c1-2-21-16-9-8-14(18)12-15(16)17(20)19-11-10-13-6-4-3-5-7-13/h3-9,12H,2,10-11H2,1H3,(H,19,20). The minimum absolute atomic E-state index is 0.115. The van der Waals surface area contributed by atoms with E-state index in [9.17, 15) is 4.79 Å². The molecule has 0 heterocycles. The van der Waals surface area contributed by atoms with Gasteiger partial charge in [0, 0.05) is 11.0 Å². The Bertz CT molecular complexity index is 599. The number of hydrogen-bond acceptors (Lipinski definition) is 2. The van der Waals surface area contributed by atoms with Crippen molar-refractivity contribution in [1.82, 2.24) is 5.32 Å². The normalized spacial score (nSPS) is 10.2. The van der Waals surface area contributed by atoms with Gasteiger partial charge in [0.25, 0.3) is 5.91 Å². The van der Waals surface area contributed by atoms with Crippen LogP contribution in [0.1, 0.15) is 22.8 Å². The van der Waals surface area contributed by atoms with Crippen molar-refractivity contribution in [3.8, 4) is 5.75 Å². The highest BCUT2D eigenvalue weighted by Crippen LogP contribution is 2.23. The van der Waals surface area contributed by atoms with Gasteiger partial charge in [-0.25, -0.2) is 0 Å². The van der Waals surface area contributed by atoms with Crippen molar-refractivity contribution in [3.63, 3.8) is 0 Å². The first kappa shape index (κ1) is 15.6. The van der Waals surface area contributed by atoms with Crippen LogP contribution in [0.4, 0.5) is 0 Å². The molecule has 1 N–H and O–H groups in total. The minimum atomic E-state index is -0.115. The molecule has 0 spiro atoms. The Morgan fingerprint density at radius 3 is 2.67 bits per heavy atom. The molecule has 2 aromatic carbocycles. The number of carbonyl (C=O) groups excluding carboxylic acids is 1. The van der Waals surface area contributed by atoms with E-state index in [0.29, 0.717) is 24.5 Å². The summed E-state index contributed by atoms with van der Waals surface area (Å²) >= 11 is 3.39. The fourth-order valence-electron chi connectivity index (χ4n) is 2.02. The number of benzene rings is 2. The van der Waals surface area contributed by atoms with Crippen molar-refractivity contribution in [2.75, 3.05) is 13.2 Å². The average Bonchev–Trinajstić information content (AvgIpc) is 2.50. The van der Waals surface area contributed by atoms with Crippen LogP contribution in [0.3, 0.4) is 0 Å². The smallest absolute Gasteiger partial charge is 0.255 e. The van der Waals surface area contributed by atoms with Gasteiger partial charge in [-0.15, -0.1) is 0 Å². The monoisotopic (exact) mass is 347 g/mol. The summed E-state index contributed by atoms with van der Waals surface area (Å²) in [4.78, 5) is 12.3. The Morgan fingerprint density at radius 2 is 1.95 bits per heavy atom. The van der Waals surface area contributed by atoms with Gasteiger partial charge in [0.2, 0.25) is 0 Å². The van der Waals surface area contributed by atoms with Crippen molar-refractivity contribution >= 4 is 21.8 Å². The maximum absolute atomic E-state index is 12.3. The van der Waals surface area contributed by atoms with E-state index < -0.39 is 0 Å². The first-order valence-electron chi connectivity index (χ1n) is 6.95. The highest BCUT2D eigenvalue weighted by molar-refractivity contribution is 9.10. The van der Waals surface area contributed by atoms with Gasteiger partial charge in [-0.05, 0) is 37.1 Å². The molecule has 0 fully saturated rings. The summed E-state index contributed by atoms with van der Waals surface area (Å²) < 4.78 is 6.36. The molecule has 21 heavy (non-hydrogen) atoms. The Balaban J connectivity index is 1.98. The number of nitrogens with one attached hydrogen (secondary N) is 1. The first-order valence-corrected chi connectivity index (χ1v) is 7.74. The second-order valence-corrected chi connectivity index (χ2v) is 5.48. The second kappa shape index (κ2) is 7.84. The van der Waals surface area contributed by atoms with Crippen molar-refractivity contribution in [2.24, 2.45) is 0 Å². The topological polar surface area (TPSA) is 38.3 Å². The molecule has 4 heteroatoms. The molecule has 0 saturated carbocycles. The van der Waals surface area contributed by atoms with Crippen LogP contribution in [0, 0.1) is 0 Å². The predicted molar refractivity (Wildman–Crippen MR) is 87.8 cm³/mol. The molecule has 0 saturated heterocycles. The minimum Gasteiger partial charge on any atom is -0.493 e. The number of rotatable bonds is 6. The lowest BCUT2D eigenvalue weighted by molar-refractivity contribution is 0.0950. The molecular formula is C17H18BrNO2. The van der Waals surface area contributed by atoms with Gasteiger partial charge in [0.05, 0.1) is 12.2 Å². The molecule has 2 aromatic rings. The molecule has 0 aliphatic rings. The van der Waals surface area contributed by atoms with Gasteiger partial charge in [0.15, 0.2) is 0 Å². The maximum atomic E-state index is 12.3. The molecule has 1 amide bonds. The van der Waals surface area contributed by atoms with Gasteiger partial charge < -0.3 is 10.1 Å². The number of carbonyl (C=O) groups is 1. The quantitative estimate of drug-likeness (QED) is 0.862. The van der Waals surface area contributed by atoms with Crippen LogP contribution < -0.4 is 10.1 Å². The summed E-state index contributed by atoms with van der Waals surface area (Å²) in [5.74, 6) is 0.494. The lowest BCUT2D eigenvalue weighted by atomic mass is 10.1. The lowest BCUT2D eigenvalue weighted by Crippen LogP contribution is -2.26. The molecular weight excluding hydrogens is 330 g/mol. The molecule has 0 radical (unpaired) electrons. The van der Waals surface area contributed by atoms with Crippen LogP contribution in [0.2, 0.25) is 0 Å². The fraction of sp³-hybridized carbons (Fsp3) is 0.235. The second-order valence-electron chi connectivity index (χ2n) is 4.56. The Morgan fingerprint density at radius 1 is 1.19 bits per heavy atom. The third-order valence-corrected chi connectivity index (χ3v) is 3.52. The molecule has 2 rings (SSSR count). The van der Waals surface area contributed by atoms with Gasteiger partial charge in [0.1, 0.15) is 5.75 Å². The van der Waals surface area contributed by atoms with Crippen LogP contribution in [0.25, 0.3) is 0 Å². The van der Waals surface area contributed by atoms with Gasteiger partial charge in [-0.1, -0.05) is 46.3 Å². The molecule has 0 bridgehead atoms. The zero-order chi connectivity index (χ0) is 15.1. The predicted octanol–water partition coefficient (Wildman–Crippen LogP) is 3.82. The number of ether oxygens (including phenoxy) is 1. The molecule has 0 atom stereocenters. The molecule has 0 unspecified atom stereocenters. The van der Waals surface area contributed by atoms with E-state index in [2.05, 4.69) is 33.4 Å². The van der Waals surface area contributed by atoms with E-state index in [1.807, 2.05) is 31.2 Å². The zero-order valence-electron chi connectivity index (χ0n) is 11.9. The highest BCUT2D eigenvalue weighted by atomic mass is 79.9. The highest BCUT2D eigenvalue weighted by Gasteiger charge is 2.12. The largest absolute Gasteiger partial charge is 0.493 e. The molecule has 110 valence electrons. The van der Waals surface area contributed by atoms with E-state index in [1.165, 1.54) is 5.56 Å². The van der Waals surface area contributed by atoms with Crippen molar-refractivity contribution in [1.29, 1.82) is 0 Å². The number of hydrogen-bond donors (Lipinski definition) is 1. The van der Waals surface area contributed by atoms with Crippen molar-refractivity contribution in [3.05, 3.63) is 64.1 Å². The van der Waals surface area contributed by atoms with Gasteiger partial charge in [-0.2, -0.15) is 0 Å². The molecule has 0 aliphatic heterocycles. The molecule has 0 aromatic heterocycles. The van der Waals surface area contributed by atoms with Crippen molar-refractivity contribution in [2.45, 2.75) is 13.3 Å². The summed E-state index contributed by atoms with van der Waals surface area (Å²) in [6, 6.07) is 15.5. The zero-order valence-corrected chi connectivity index (χ0v) is 13.5. The maximum Gasteiger partial charge on any atom is 0.255 e. The Labute approximate surface area is 133 Å². The lowest BCUT2D eigenvalue weighted by Gasteiger charge is -2.11. The number of amides is 1. The van der Waals surface area contributed by atoms with Gasteiger partial charge >= 0.3 is 0 Å². The van der Waals surface area contributed by atoms with E-state index in [0.717, 1.165) is 10.9 Å². The van der Waals surface area contributed by atoms with Gasteiger partial charge in [-0.3, -0.25) is 4.79 Å². The third kappa shape index (κ3) is 4.60. The van der Waals surface area contributed by atoms with E-state index in [1.54, 1.807) is 12.1 Å². The number of halogens is 1. The van der Waals surface area contributed by atoms with E-state index in [4.69, 9.17) is 4.74 Å². The SMILES string of the molecule is CCOc1ccc(Br)cc1C(=O)NCCc1ccccc1. The fourth-order valence-corrected chi connectivity index (χ4v) is 2.38. The van der Waals surface area contributed by atoms with Crippen LogP contribution in [-0.4, -0.2) is 19.1 Å². The summed E-state index contributed by atoms with van der Waals surface area (Å²) in [6.07, 6.45) is 0.810.